The minimum absolute atomic E-state index is 0.263. The maximum absolute atomic E-state index is 13.0. The van der Waals surface area contributed by atoms with Crippen LogP contribution in [0.2, 0.25) is 5.02 Å². The average molecular weight is 397 g/mol. The van der Waals surface area contributed by atoms with Gasteiger partial charge in [-0.15, -0.1) is 0 Å². The third-order valence-corrected chi connectivity index (χ3v) is 5.74. The number of benzene rings is 3. The second kappa shape index (κ2) is 7.64. The van der Waals surface area contributed by atoms with Crippen LogP contribution in [0.3, 0.4) is 0 Å². The summed E-state index contributed by atoms with van der Waals surface area (Å²) in [6.07, 6.45) is 0. The molecule has 0 spiro atoms. The van der Waals surface area contributed by atoms with Crippen molar-refractivity contribution in [1.29, 1.82) is 0 Å². The lowest BCUT2D eigenvalue weighted by atomic mass is 10.0. The zero-order valence-corrected chi connectivity index (χ0v) is 16.3. The van der Waals surface area contributed by atoms with Crippen LogP contribution in [0.4, 0.5) is 0 Å². The Hall–Kier alpha value is -2.47. The highest BCUT2D eigenvalue weighted by Gasteiger charge is 2.13. The van der Waals surface area contributed by atoms with Gasteiger partial charge >= 0.3 is 0 Å². The van der Waals surface area contributed by atoms with E-state index >= 15 is 0 Å². The van der Waals surface area contributed by atoms with Crippen molar-refractivity contribution >= 4 is 49.8 Å². The van der Waals surface area contributed by atoms with Crippen LogP contribution in [-0.4, -0.2) is 24.2 Å². The summed E-state index contributed by atoms with van der Waals surface area (Å²) in [6.45, 7) is 1.08. The van der Waals surface area contributed by atoms with Crippen LogP contribution < -0.4 is 4.80 Å². The van der Waals surface area contributed by atoms with Gasteiger partial charge in [0.2, 0.25) is 0 Å². The standard InChI is InChI=1S/C21H17ClN2O2S/c1-26-13-12-24-19-17(22)10-5-11-18(19)27-21(24)23-20(25)16-9-4-7-14-6-2-3-8-15(14)16/h2-11H,12-13H2,1H3. The van der Waals surface area contributed by atoms with E-state index in [1.54, 1.807) is 7.11 Å². The Morgan fingerprint density at radius 1 is 1.11 bits per heavy atom. The maximum atomic E-state index is 13.0. The molecular weight excluding hydrogens is 380 g/mol. The van der Waals surface area contributed by atoms with Crippen molar-refractivity contribution < 1.29 is 9.53 Å². The predicted molar refractivity (Wildman–Crippen MR) is 111 cm³/mol. The summed E-state index contributed by atoms with van der Waals surface area (Å²) >= 11 is 7.86. The summed E-state index contributed by atoms with van der Waals surface area (Å²) in [5, 5.41) is 2.56. The second-order valence-corrected chi connectivity index (χ2v) is 7.48. The SMILES string of the molecule is COCCn1c(=NC(=O)c2cccc3ccccc23)sc2cccc(Cl)c21. The Balaban J connectivity index is 1.89. The van der Waals surface area contributed by atoms with E-state index in [1.165, 1.54) is 11.3 Å². The van der Waals surface area contributed by atoms with Crippen molar-refractivity contribution in [2.24, 2.45) is 4.99 Å². The maximum Gasteiger partial charge on any atom is 0.280 e. The molecule has 1 aromatic heterocycles. The summed E-state index contributed by atoms with van der Waals surface area (Å²) in [6, 6.07) is 19.2. The number of halogens is 1. The zero-order valence-electron chi connectivity index (χ0n) is 14.7. The lowest BCUT2D eigenvalue weighted by Crippen LogP contribution is -2.19. The number of hydrogen-bond donors (Lipinski definition) is 0. The molecule has 1 amide bonds. The van der Waals surface area contributed by atoms with Gasteiger partial charge < -0.3 is 9.30 Å². The van der Waals surface area contributed by atoms with Gasteiger partial charge in [-0.2, -0.15) is 4.99 Å². The monoisotopic (exact) mass is 396 g/mol. The fourth-order valence-corrected chi connectivity index (χ4v) is 4.54. The van der Waals surface area contributed by atoms with Gasteiger partial charge in [0.15, 0.2) is 4.80 Å². The number of carbonyl (C=O) groups excluding carboxylic acids is 1. The minimum Gasteiger partial charge on any atom is -0.383 e. The Morgan fingerprint density at radius 3 is 2.74 bits per heavy atom. The molecule has 4 aromatic rings. The highest BCUT2D eigenvalue weighted by Crippen LogP contribution is 2.25. The van der Waals surface area contributed by atoms with Crippen molar-refractivity contribution in [3.63, 3.8) is 0 Å². The van der Waals surface area contributed by atoms with Gasteiger partial charge in [-0.05, 0) is 29.0 Å². The molecule has 4 nitrogen and oxygen atoms in total. The number of hydrogen-bond acceptors (Lipinski definition) is 3. The lowest BCUT2D eigenvalue weighted by Gasteiger charge is -2.06. The van der Waals surface area contributed by atoms with E-state index in [4.69, 9.17) is 16.3 Å². The molecule has 6 heteroatoms. The van der Waals surface area contributed by atoms with Gasteiger partial charge in [-0.1, -0.05) is 65.4 Å². The highest BCUT2D eigenvalue weighted by molar-refractivity contribution is 7.16. The highest BCUT2D eigenvalue weighted by atomic mass is 35.5. The molecule has 0 fully saturated rings. The molecule has 4 rings (SSSR count). The molecule has 0 radical (unpaired) electrons. The first-order valence-electron chi connectivity index (χ1n) is 8.52. The molecule has 1 heterocycles. The Labute approximate surface area is 165 Å². The number of amides is 1. The van der Waals surface area contributed by atoms with E-state index in [1.807, 2.05) is 65.2 Å². The fourth-order valence-electron chi connectivity index (χ4n) is 3.12. The number of methoxy groups -OCH3 is 1. The quantitative estimate of drug-likeness (QED) is 0.492. The molecular formula is C21H17ClN2O2S. The number of thiazole rings is 1. The first-order valence-corrected chi connectivity index (χ1v) is 9.72. The van der Waals surface area contributed by atoms with E-state index in [-0.39, 0.29) is 5.91 Å². The molecule has 0 unspecified atom stereocenters. The van der Waals surface area contributed by atoms with Crippen LogP contribution in [0, 0.1) is 0 Å². The summed E-state index contributed by atoms with van der Waals surface area (Å²) < 4.78 is 8.16. The minimum atomic E-state index is -0.263. The van der Waals surface area contributed by atoms with Crippen LogP contribution in [-0.2, 0) is 11.3 Å². The molecule has 0 saturated heterocycles. The number of ether oxygens (including phenoxy) is 1. The van der Waals surface area contributed by atoms with Crippen LogP contribution in [0.25, 0.3) is 21.0 Å². The van der Waals surface area contributed by atoms with Gasteiger partial charge in [-0.25, -0.2) is 0 Å². The van der Waals surface area contributed by atoms with E-state index in [9.17, 15) is 4.79 Å². The van der Waals surface area contributed by atoms with Gasteiger partial charge in [0.25, 0.3) is 5.91 Å². The number of rotatable bonds is 4. The van der Waals surface area contributed by atoms with Crippen molar-refractivity contribution in [3.8, 4) is 0 Å². The molecule has 0 aliphatic rings. The lowest BCUT2D eigenvalue weighted by molar-refractivity contribution is 0.0999. The summed E-state index contributed by atoms with van der Waals surface area (Å²) in [5.41, 5.74) is 1.47. The van der Waals surface area contributed by atoms with Gasteiger partial charge in [0.1, 0.15) is 0 Å². The first kappa shape index (κ1) is 17.9. The van der Waals surface area contributed by atoms with Crippen molar-refractivity contribution in [2.75, 3.05) is 13.7 Å². The predicted octanol–water partition coefficient (Wildman–Crippen LogP) is 4.90. The van der Waals surface area contributed by atoms with Gasteiger partial charge in [-0.3, -0.25) is 4.79 Å². The Morgan fingerprint density at radius 2 is 1.89 bits per heavy atom. The molecule has 136 valence electrons. The number of nitrogens with zero attached hydrogens (tertiary/aromatic N) is 2. The number of carbonyl (C=O) groups is 1. The number of aromatic nitrogens is 1. The van der Waals surface area contributed by atoms with Crippen molar-refractivity contribution in [1.82, 2.24) is 4.57 Å². The van der Waals surface area contributed by atoms with Crippen LogP contribution in [0.1, 0.15) is 10.4 Å². The van der Waals surface area contributed by atoms with Gasteiger partial charge in [0, 0.05) is 19.2 Å². The van der Waals surface area contributed by atoms with Crippen LogP contribution in [0.5, 0.6) is 0 Å². The molecule has 0 N–H and O–H groups in total. The molecule has 0 atom stereocenters. The largest absolute Gasteiger partial charge is 0.383 e. The summed E-state index contributed by atoms with van der Waals surface area (Å²) in [4.78, 5) is 18.0. The fraction of sp³-hybridized carbons (Fsp3) is 0.143. The molecule has 0 aliphatic carbocycles. The van der Waals surface area contributed by atoms with Crippen LogP contribution in [0.15, 0.2) is 65.7 Å². The third kappa shape index (κ3) is 3.41. The first-order chi connectivity index (χ1) is 13.2. The van der Waals surface area contributed by atoms with Crippen molar-refractivity contribution in [3.05, 3.63) is 76.1 Å². The smallest absolute Gasteiger partial charge is 0.280 e. The zero-order chi connectivity index (χ0) is 18.8. The normalized spacial score (nSPS) is 12.1. The summed E-state index contributed by atoms with van der Waals surface area (Å²) in [7, 11) is 1.65. The van der Waals surface area contributed by atoms with E-state index in [0.29, 0.717) is 28.5 Å². The summed E-state index contributed by atoms with van der Waals surface area (Å²) in [5.74, 6) is -0.263. The van der Waals surface area contributed by atoms with Crippen LogP contribution >= 0.6 is 22.9 Å². The van der Waals surface area contributed by atoms with E-state index in [2.05, 4.69) is 4.99 Å². The molecule has 0 bridgehead atoms. The number of para-hydroxylation sites is 1. The molecule has 27 heavy (non-hydrogen) atoms. The average Bonchev–Trinajstić information content (AvgIpc) is 3.04. The van der Waals surface area contributed by atoms with E-state index in [0.717, 1.165) is 21.0 Å². The van der Waals surface area contributed by atoms with Crippen molar-refractivity contribution in [2.45, 2.75) is 6.54 Å². The third-order valence-electron chi connectivity index (χ3n) is 4.39. The topological polar surface area (TPSA) is 43.6 Å². The Kier molecular flexibility index (Phi) is 5.07. The molecule has 3 aromatic carbocycles. The number of fused-ring (bicyclic) bond motifs is 2. The van der Waals surface area contributed by atoms with Gasteiger partial charge in [0.05, 0.1) is 21.8 Å². The Bertz CT molecular complexity index is 1200. The van der Waals surface area contributed by atoms with E-state index < -0.39 is 0 Å². The molecule has 0 saturated carbocycles. The molecule has 0 aliphatic heterocycles. The second-order valence-electron chi connectivity index (χ2n) is 6.06.